The molecule has 0 spiro atoms. The van der Waals surface area contributed by atoms with Crippen molar-refractivity contribution in [2.45, 2.75) is 43.9 Å². The first-order valence-corrected chi connectivity index (χ1v) is 10.6. The van der Waals surface area contributed by atoms with Gasteiger partial charge in [0.1, 0.15) is 0 Å². The fraction of sp³-hybridized carbons (Fsp3) is 0.476. The molecule has 4 aliphatic rings. The Balaban J connectivity index is 1.28. The molecule has 4 saturated carbocycles. The summed E-state index contributed by atoms with van der Waals surface area (Å²) in [6, 6.07) is 7.03. The molecule has 0 aliphatic heterocycles. The number of carbonyl (C=O) groups excluding carboxylic acids is 1. The van der Waals surface area contributed by atoms with E-state index in [0.717, 1.165) is 23.4 Å². The van der Waals surface area contributed by atoms with Crippen molar-refractivity contribution >= 4 is 35.3 Å². The smallest absolute Gasteiger partial charge is 0.281 e. The molecular formula is C21H22Cl2N4O. The highest BCUT2D eigenvalue weighted by atomic mass is 35.5. The van der Waals surface area contributed by atoms with Gasteiger partial charge in [0.15, 0.2) is 5.69 Å². The molecule has 0 unspecified atom stereocenters. The van der Waals surface area contributed by atoms with Gasteiger partial charge < -0.3 is 0 Å². The zero-order valence-electron chi connectivity index (χ0n) is 15.4. The maximum absolute atomic E-state index is 12.5. The van der Waals surface area contributed by atoms with Crippen LogP contribution in [0.1, 0.15) is 60.3 Å². The molecule has 1 aromatic carbocycles. The number of amides is 1. The number of aromatic amines is 1. The summed E-state index contributed by atoms with van der Waals surface area (Å²) in [4.78, 5) is 12.5. The average molecular weight is 417 g/mol. The van der Waals surface area contributed by atoms with E-state index in [0.29, 0.717) is 21.3 Å². The minimum absolute atomic E-state index is 0.195. The first-order chi connectivity index (χ1) is 13.5. The lowest BCUT2D eigenvalue weighted by Crippen LogP contribution is -2.48. The van der Waals surface area contributed by atoms with Crippen LogP contribution >= 0.6 is 23.2 Å². The van der Waals surface area contributed by atoms with Crippen LogP contribution in [0.2, 0.25) is 10.0 Å². The summed E-state index contributed by atoms with van der Waals surface area (Å²) in [7, 11) is 0. The highest BCUT2D eigenvalue weighted by Gasteiger charge is 2.52. The van der Waals surface area contributed by atoms with Gasteiger partial charge in [-0.25, -0.2) is 5.43 Å². The Kier molecular flexibility index (Phi) is 4.48. The zero-order chi connectivity index (χ0) is 19.3. The number of hydrogen-bond donors (Lipinski definition) is 2. The van der Waals surface area contributed by atoms with Crippen LogP contribution in [0.4, 0.5) is 0 Å². The van der Waals surface area contributed by atoms with Crippen molar-refractivity contribution in [2.75, 3.05) is 0 Å². The largest absolute Gasteiger partial charge is 0.291 e. The van der Waals surface area contributed by atoms with Gasteiger partial charge in [0.05, 0.1) is 11.2 Å². The van der Waals surface area contributed by atoms with E-state index in [1.165, 1.54) is 44.7 Å². The molecule has 5 nitrogen and oxygen atoms in total. The Labute approximate surface area is 173 Å². The highest BCUT2D eigenvalue weighted by molar-refractivity contribution is 6.36. The van der Waals surface area contributed by atoms with E-state index in [2.05, 4.69) is 20.7 Å². The summed E-state index contributed by atoms with van der Waals surface area (Å²) < 4.78 is 0. The fourth-order valence-corrected chi connectivity index (χ4v) is 6.43. The molecule has 1 amide bonds. The lowest BCUT2D eigenvalue weighted by molar-refractivity contribution is -0.00721. The van der Waals surface area contributed by atoms with Crippen LogP contribution in [-0.4, -0.2) is 22.3 Å². The molecular weight excluding hydrogens is 395 g/mol. The van der Waals surface area contributed by atoms with Gasteiger partial charge in [-0.3, -0.25) is 9.89 Å². The van der Waals surface area contributed by atoms with E-state index < -0.39 is 0 Å². The molecule has 0 radical (unpaired) electrons. The summed E-state index contributed by atoms with van der Waals surface area (Å²) in [6.45, 7) is 0. The van der Waals surface area contributed by atoms with E-state index in [4.69, 9.17) is 23.2 Å². The summed E-state index contributed by atoms with van der Waals surface area (Å²) in [6.07, 6.45) is 9.37. The van der Waals surface area contributed by atoms with Crippen LogP contribution in [0, 0.1) is 17.8 Å². The fourth-order valence-electron chi connectivity index (χ4n) is 5.97. The molecule has 2 aromatic rings. The number of benzene rings is 1. The van der Waals surface area contributed by atoms with Crippen molar-refractivity contribution in [3.63, 3.8) is 0 Å². The number of rotatable bonds is 4. The van der Waals surface area contributed by atoms with Crippen LogP contribution in [0.25, 0.3) is 0 Å². The number of halogens is 2. The summed E-state index contributed by atoms with van der Waals surface area (Å²) in [5.74, 6) is 2.22. The zero-order valence-corrected chi connectivity index (χ0v) is 16.9. The van der Waals surface area contributed by atoms with Gasteiger partial charge in [-0.15, -0.1) is 0 Å². The Morgan fingerprint density at radius 1 is 1.14 bits per heavy atom. The minimum atomic E-state index is -0.325. The first kappa shape index (κ1) is 18.2. The first-order valence-electron chi connectivity index (χ1n) is 9.85. The number of carbonyl (C=O) groups is 1. The Morgan fingerprint density at radius 2 is 1.82 bits per heavy atom. The van der Waals surface area contributed by atoms with E-state index >= 15 is 0 Å². The van der Waals surface area contributed by atoms with Crippen LogP contribution in [0.3, 0.4) is 0 Å². The Bertz CT molecular complexity index is 916. The van der Waals surface area contributed by atoms with Gasteiger partial charge in [-0.05, 0) is 74.5 Å². The van der Waals surface area contributed by atoms with Gasteiger partial charge in [0, 0.05) is 21.7 Å². The molecule has 6 rings (SSSR count). The predicted octanol–water partition coefficient (Wildman–Crippen LogP) is 4.95. The molecule has 4 fully saturated rings. The normalized spacial score (nSPS) is 30.9. The number of nitrogens with one attached hydrogen (secondary N) is 2. The number of H-pyrrole nitrogens is 1. The standard InChI is InChI=1S/C21H22Cl2N4O/c22-16-2-1-15(17(23)6-16)11-24-27-20(28)18-7-19(26-25-18)21-8-12-3-13(9-21)5-14(4-12)10-21/h1-2,6-7,11-14H,3-5,8-10H2,(H,25,26)(H,27,28)/b24-11+. The monoisotopic (exact) mass is 416 g/mol. The van der Waals surface area contributed by atoms with Crippen molar-refractivity contribution in [3.05, 3.63) is 51.3 Å². The third kappa shape index (κ3) is 3.25. The molecule has 146 valence electrons. The van der Waals surface area contributed by atoms with Crippen LogP contribution < -0.4 is 5.43 Å². The Morgan fingerprint density at radius 3 is 2.46 bits per heavy atom. The summed E-state index contributed by atoms with van der Waals surface area (Å²) >= 11 is 12.0. The van der Waals surface area contributed by atoms with Crippen molar-refractivity contribution < 1.29 is 4.79 Å². The van der Waals surface area contributed by atoms with Gasteiger partial charge in [0.2, 0.25) is 0 Å². The quantitative estimate of drug-likeness (QED) is 0.546. The van der Waals surface area contributed by atoms with E-state index in [-0.39, 0.29) is 11.3 Å². The molecule has 28 heavy (non-hydrogen) atoms. The van der Waals surface area contributed by atoms with Gasteiger partial charge in [-0.2, -0.15) is 10.2 Å². The second-order valence-electron chi connectivity index (χ2n) is 8.73. The van der Waals surface area contributed by atoms with Gasteiger partial charge in [-0.1, -0.05) is 29.3 Å². The molecule has 7 heteroatoms. The van der Waals surface area contributed by atoms with Crippen molar-refractivity contribution in [2.24, 2.45) is 22.9 Å². The van der Waals surface area contributed by atoms with Crippen molar-refractivity contribution in [1.29, 1.82) is 0 Å². The van der Waals surface area contributed by atoms with Crippen molar-refractivity contribution in [1.82, 2.24) is 15.6 Å². The SMILES string of the molecule is O=C(N/N=C/c1ccc(Cl)cc1Cl)c1cc(C23CC4CC(CC(C4)C2)C3)[nH]n1. The van der Waals surface area contributed by atoms with Gasteiger partial charge >= 0.3 is 0 Å². The summed E-state index contributed by atoms with van der Waals surface area (Å²) in [5.41, 5.74) is 4.92. The van der Waals surface area contributed by atoms with Crippen LogP contribution in [0.15, 0.2) is 29.4 Å². The van der Waals surface area contributed by atoms with Crippen molar-refractivity contribution in [3.8, 4) is 0 Å². The average Bonchev–Trinajstić information content (AvgIpc) is 3.13. The highest BCUT2D eigenvalue weighted by Crippen LogP contribution is 2.60. The molecule has 4 aliphatic carbocycles. The molecule has 1 heterocycles. The van der Waals surface area contributed by atoms with Gasteiger partial charge in [0.25, 0.3) is 5.91 Å². The maximum atomic E-state index is 12.5. The third-order valence-electron chi connectivity index (χ3n) is 6.75. The summed E-state index contributed by atoms with van der Waals surface area (Å²) in [5, 5.41) is 12.5. The second kappa shape index (κ2) is 6.89. The molecule has 2 N–H and O–H groups in total. The molecule has 0 atom stereocenters. The number of aromatic nitrogens is 2. The number of hydrazone groups is 1. The third-order valence-corrected chi connectivity index (χ3v) is 7.31. The number of hydrogen-bond acceptors (Lipinski definition) is 3. The molecule has 4 bridgehead atoms. The van der Waals surface area contributed by atoms with E-state index in [9.17, 15) is 4.79 Å². The predicted molar refractivity (Wildman–Crippen MR) is 110 cm³/mol. The molecule has 1 aromatic heterocycles. The second-order valence-corrected chi connectivity index (χ2v) is 9.57. The van der Waals surface area contributed by atoms with Crippen LogP contribution in [-0.2, 0) is 5.41 Å². The lowest BCUT2D eigenvalue weighted by Gasteiger charge is -2.56. The number of nitrogens with zero attached hydrogens (tertiary/aromatic N) is 2. The van der Waals surface area contributed by atoms with E-state index in [1.54, 1.807) is 18.2 Å². The lowest BCUT2D eigenvalue weighted by atomic mass is 9.49. The minimum Gasteiger partial charge on any atom is -0.281 e. The topological polar surface area (TPSA) is 70.1 Å². The molecule has 0 saturated heterocycles. The van der Waals surface area contributed by atoms with E-state index in [1.807, 2.05) is 6.07 Å². The maximum Gasteiger partial charge on any atom is 0.291 e. The van der Waals surface area contributed by atoms with Crippen LogP contribution in [0.5, 0.6) is 0 Å². The Hall–Kier alpha value is -1.85.